The van der Waals surface area contributed by atoms with Gasteiger partial charge in [0.25, 0.3) is 5.91 Å². The zero-order valence-electron chi connectivity index (χ0n) is 23.2. The van der Waals surface area contributed by atoms with Crippen LogP contribution in [-0.4, -0.2) is 48.6 Å². The van der Waals surface area contributed by atoms with Gasteiger partial charge in [0.1, 0.15) is 22.3 Å². The third-order valence-electron chi connectivity index (χ3n) is 7.67. The standard InChI is InChI=1S/C31H32ClF2N3O3S/c1-4-40-30-22(6-5-15-36-30)18-7-14-25(39-3)19(16-18)17-37(21-10-8-20(35-2)9-11-21)31(38)29-27(32)26-23(33)12-13-24(34)28(26)41-29/h5-7,12-16,20-21,35H,4,8-11,17H2,1-3H3. The van der Waals surface area contributed by atoms with Crippen molar-refractivity contribution in [3.05, 3.63) is 75.8 Å². The summed E-state index contributed by atoms with van der Waals surface area (Å²) in [6, 6.07) is 11.9. The molecule has 10 heteroatoms. The van der Waals surface area contributed by atoms with Crippen LogP contribution < -0.4 is 14.8 Å². The minimum Gasteiger partial charge on any atom is -0.496 e. The second-order valence-electron chi connectivity index (χ2n) is 10.0. The third-order valence-corrected chi connectivity index (χ3v) is 9.34. The Morgan fingerprint density at radius 1 is 1.15 bits per heavy atom. The van der Waals surface area contributed by atoms with Crippen LogP contribution in [0.15, 0.2) is 48.7 Å². The van der Waals surface area contributed by atoms with Crippen LogP contribution in [0.4, 0.5) is 8.78 Å². The number of benzene rings is 2. The first-order valence-corrected chi connectivity index (χ1v) is 14.8. The summed E-state index contributed by atoms with van der Waals surface area (Å²) < 4.78 is 40.8. The number of rotatable bonds is 9. The van der Waals surface area contributed by atoms with Gasteiger partial charge in [0.05, 0.1) is 28.8 Å². The molecule has 1 amide bonds. The van der Waals surface area contributed by atoms with Crippen LogP contribution >= 0.6 is 22.9 Å². The molecule has 0 unspecified atom stereocenters. The molecule has 6 nitrogen and oxygen atoms in total. The maximum atomic E-state index is 14.7. The number of carbonyl (C=O) groups is 1. The molecule has 1 fully saturated rings. The molecule has 0 saturated heterocycles. The molecular formula is C31H32ClF2N3O3S. The summed E-state index contributed by atoms with van der Waals surface area (Å²) in [4.78, 5) is 20.5. The van der Waals surface area contributed by atoms with Crippen LogP contribution in [-0.2, 0) is 6.54 Å². The van der Waals surface area contributed by atoms with E-state index in [0.29, 0.717) is 24.3 Å². The summed E-state index contributed by atoms with van der Waals surface area (Å²) in [5.74, 6) is -0.475. The van der Waals surface area contributed by atoms with Gasteiger partial charge in [-0.05, 0) is 81.6 Å². The molecule has 0 bridgehead atoms. The van der Waals surface area contributed by atoms with Crippen molar-refractivity contribution in [1.29, 1.82) is 0 Å². The molecule has 1 N–H and O–H groups in total. The lowest BCUT2D eigenvalue weighted by Crippen LogP contribution is -2.44. The molecule has 1 aliphatic rings. The maximum Gasteiger partial charge on any atom is 0.266 e. The highest BCUT2D eigenvalue weighted by Gasteiger charge is 2.33. The number of pyridine rings is 1. The van der Waals surface area contributed by atoms with Gasteiger partial charge in [-0.1, -0.05) is 17.7 Å². The first-order valence-electron chi connectivity index (χ1n) is 13.7. The number of halogens is 3. The Bertz CT molecular complexity index is 1560. The molecule has 41 heavy (non-hydrogen) atoms. The number of fused-ring (bicyclic) bond motifs is 1. The van der Waals surface area contributed by atoms with E-state index in [-0.39, 0.29) is 38.5 Å². The molecular weight excluding hydrogens is 568 g/mol. The van der Waals surface area contributed by atoms with Gasteiger partial charge in [0.15, 0.2) is 0 Å². The van der Waals surface area contributed by atoms with E-state index in [1.54, 1.807) is 18.2 Å². The highest BCUT2D eigenvalue weighted by Crippen LogP contribution is 2.41. The maximum absolute atomic E-state index is 14.7. The van der Waals surface area contributed by atoms with Crippen LogP contribution in [0, 0.1) is 11.6 Å². The van der Waals surface area contributed by atoms with Crippen molar-refractivity contribution in [2.75, 3.05) is 20.8 Å². The predicted octanol–water partition coefficient (Wildman–Crippen LogP) is 7.48. The van der Waals surface area contributed by atoms with E-state index < -0.39 is 11.6 Å². The highest BCUT2D eigenvalue weighted by molar-refractivity contribution is 7.21. The average molecular weight is 600 g/mol. The second kappa shape index (κ2) is 12.7. The quantitative estimate of drug-likeness (QED) is 0.216. The summed E-state index contributed by atoms with van der Waals surface area (Å²) in [6.45, 7) is 2.60. The van der Waals surface area contributed by atoms with Crippen molar-refractivity contribution in [3.63, 3.8) is 0 Å². The fourth-order valence-corrected chi connectivity index (χ4v) is 7.03. The number of aromatic nitrogens is 1. The third kappa shape index (κ3) is 5.89. The molecule has 1 aliphatic carbocycles. The van der Waals surface area contributed by atoms with Crippen molar-refractivity contribution in [2.45, 2.75) is 51.2 Å². The normalized spacial score (nSPS) is 17.0. The average Bonchev–Trinajstić information content (AvgIpc) is 3.36. The van der Waals surface area contributed by atoms with Crippen molar-refractivity contribution in [3.8, 4) is 22.8 Å². The molecule has 0 atom stereocenters. The molecule has 0 radical (unpaired) electrons. The van der Waals surface area contributed by atoms with E-state index >= 15 is 0 Å². The summed E-state index contributed by atoms with van der Waals surface area (Å²) in [6.07, 6.45) is 5.04. The minimum absolute atomic E-state index is 0.0387. The first-order chi connectivity index (χ1) is 19.9. The lowest BCUT2D eigenvalue weighted by Gasteiger charge is -2.37. The van der Waals surface area contributed by atoms with Crippen LogP contribution in [0.25, 0.3) is 21.2 Å². The number of hydrogen-bond acceptors (Lipinski definition) is 6. The van der Waals surface area contributed by atoms with E-state index in [1.807, 2.05) is 44.3 Å². The van der Waals surface area contributed by atoms with Gasteiger partial charge < -0.3 is 19.7 Å². The number of hydrogen-bond donors (Lipinski definition) is 1. The topological polar surface area (TPSA) is 63.7 Å². The number of amides is 1. The summed E-state index contributed by atoms with van der Waals surface area (Å²) in [5.41, 5.74) is 2.48. The molecule has 0 spiro atoms. The number of methoxy groups -OCH3 is 1. The molecule has 4 aromatic rings. The van der Waals surface area contributed by atoms with Gasteiger partial charge in [0, 0.05) is 36.0 Å². The number of carbonyl (C=O) groups excluding carboxylic acids is 1. The fraction of sp³-hybridized carbons (Fsp3) is 0.355. The molecule has 1 saturated carbocycles. The number of thiophene rings is 1. The molecule has 216 valence electrons. The van der Waals surface area contributed by atoms with Gasteiger partial charge in [-0.3, -0.25) is 4.79 Å². The number of ether oxygens (including phenoxy) is 2. The van der Waals surface area contributed by atoms with Crippen LogP contribution in [0.1, 0.15) is 47.8 Å². The Labute approximate surface area is 247 Å². The second-order valence-corrected chi connectivity index (χ2v) is 11.4. The van der Waals surface area contributed by atoms with E-state index in [1.165, 1.54) is 0 Å². The monoisotopic (exact) mass is 599 g/mol. The lowest BCUT2D eigenvalue weighted by atomic mass is 9.89. The van der Waals surface area contributed by atoms with Gasteiger partial charge in [-0.25, -0.2) is 13.8 Å². The summed E-state index contributed by atoms with van der Waals surface area (Å²) >= 11 is 7.46. The van der Waals surface area contributed by atoms with Crippen LogP contribution in [0.5, 0.6) is 11.6 Å². The van der Waals surface area contributed by atoms with Crippen molar-refractivity contribution in [1.82, 2.24) is 15.2 Å². The lowest BCUT2D eigenvalue weighted by molar-refractivity contribution is 0.0604. The molecule has 5 rings (SSSR count). The van der Waals surface area contributed by atoms with E-state index in [0.717, 1.165) is 65.8 Å². The molecule has 2 heterocycles. The largest absolute Gasteiger partial charge is 0.496 e. The Balaban J connectivity index is 1.57. The van der Waals surface area contributed by atoms with Crippen molar-refractivity contribution >= 4 is 38.9 Å². The fourth-order valence-electron chi connectivity index (χ4n) is 5.52. The smallest absolute Gasteiger partial charge is 0.266 e. The Kier molecular flexibility index (Phi) is 9.06. The minimum atomic E-state index is -0.654. The zero-order valence-corrected chi connectivity index (χ0v) is 24.7. The van der Waals surface area contributed by atoms with Crippen LogP contribution in [0.3, 0.4) is 0 Å². The van der Waals surface area contributed by atoms with Crippen molar-refractivity contribution < 1.29 is 23.0 Å². The molecule has 0 aliphatic heterocycles. The predicted molar refractivity (Wildman–Crippen MR) is 159 cm³/mol. The Morgan fingerprint density at radius 2 is 1.90 bits per heavy atom. The summed E-state index contributed by atoms with van der Waals surface area (Å²) in [5, 5.41) is 3.22. The van der Waals surface area contributed by atoms with Crippen LogP contribution in [0.2, 0.25) is 5.02 Å². The van der Waals surface area contributed by atoms with Gasteiger partial charge in [0.2, 0.25) is 5.88 Å². The number of nitrogens with one attached hydrogen (secondary N) is 1. The van der Waals surface area contributed by atoms with Crippen molar-refractivity contribution in [2.24, 2.45) is 0 Å². The number of nitrogens with zero attached hydrogens (tertiary/aromatic N) is 2. The molecule has 2 aromatic heterocycles. The SMILES string of the molecule is CCOc1ncccc1-c1ccc(OC)c(CN(C(=O)c2sc3c(F)ccc(F)c3c2Cl)C2CCC(NC)CC2)c1. The van der Waals surface area contributed by atoms with Gasteiger partial charge in [-0.2, -0.15) is 0 Å². The Morgan fingerprint density at radius 3 is 2.59 bits per heavy atom. The van der Waals surface area contributed by atoms with E-state index in [9.17, 15) is 13.6 Å². The summed E-state index contributed by atoms with van der Waals surface area (Å²) in [7, 11) is 3.53. The first kappa shape index (κ1) is 29.2. The van der Waals surface area contributed by atoms with Gasteiger partial charge >= 0.3 is 0 Å². The Hall–Kier alpha value is -3.27. The van der Waals surface area contributed by atoms with E-state index in [2.05, 4.69) is 10.3 Å². The highest BCUT2D eigenvalue weighted by atomic mass is 35.5. The van der Waals surface area contributed by atoms with E-state index in [4.69, 9.17) is 21.1 Å². The zero-order chi connectivity index (χ0) is 29.1. The van der Waals surface area contributed by atoms with Gasteiger partial charge in [-0.15, -0.1) is 11.3 Å². The molecule has 2 aromatic carbocycles.